The number of hydrogen-bond donors (Lipinski definition) is 1. The Labute approximate surface area is 151 Å². The highest BCUT2D eigenvalue weighted by Crippen LogP contribution is 2.40. The lowest BCUT2D eigenvalue weighted by molar-refractivity contribution is -0.141. The van der Waals surface area contributed by atoms with Gasteiger partial charge in [0.15, 0.2) is 0 Å². The van der Waals surface area contributed by atoms with Gasteiger partial charge in [0.05, 0.1) is 18.3 Å². The number of hydrogen-bond acceptors (Lipinski definition) is 3. The highest BCUT2D eigenvalue weighted by molar-refractivity contribution is 6.39. The van der Waals surface area contributed by atoms with Crippen molar-refractivity contribution in [3.63, 3.8) is 0 Å². The Morgan fingerprint density at radius 3 is 2.81 bits per heavy atom. The summed E-state index contributed by atoms with van der Waals surface area (Å²) in [5, 5.41) is 1.08. The van der Waals surface area contributed by atoms with Gasteiger partial charge in [-0.25, -0.2) is 4.98 Å². The quantitative estimate of drug-likeness (QED) is 0.695. The van der Waals surface area contributed by atoms with E-state index in [1.165, 1.54) is 0 Å². The largest absolute Gasteiger partial charge is 0.361 e. The van der Waals surface area contributed by atoms with Gasteiger partial charge in [-0.2, -0.15) is 0 Å². The van der Waals surface area contributed by atoms with Crippen LogP contribution in [0.3, 0.4) is 0 Å². The molecule has 4 rings (SSSR count). The van der Waals surface area contributed by atoms with Crippen LogP contribution < -0.4 is 0 Å². The van der Waals surface area contributed by atoms with E-state index in [4.69, 9.17) is 0 Å². The first kappa shape index (κ1) is 16.6. The Balaban J connectivity index is 1.63. The molecule has 1 aromatic carbocycles. The number of carbonyl (C=O) groups excluding carboxylic acids is 2. The Hall–Kier alpha value is -2.89. The second-order valence-corrected chi connectivity index (χ2v) is 6.77. The molecule has 2 aromatic heterocycles. The zero-order valence-electron chi connectivity index (χ0n) is 14.8. The minimum atomic E-state index is -0.349. The third kappa shape index (κ3) is 2.71. The molecular formula is C20H22N4O2. The molecule has 0 saturated carbocycles. The summed E-state index contributed by atoms with van der Waals surface area (Å²) in [7, 11) is 0. The van der Waals surface area contributed by atoms with Crippen molar-refractivity contribution >= 4 is 22.6 Å². The van der Waals surface area contributed by atoms with Crippen molar-refractivity contribution in [2.24, 2.45) is 5.92 Å². The summed E-state index contributed by atoms with van der Waals surface area (Å²) in [4.78, 5) is 34.3. The van der Waals surface area contributed by atoms with E-state index in [0.29, 0.717) is 13.0 Å². The lowest BCUT2D eigenvalue weighted by Crippen LogP contribution is -2.31. The molecule has 1 fully saturated rings. The van der Waals surface area contributed by atoms with Crippen LogP contribution in [-0.4, -0.2) is 37.7 Å². The van der Waals surface area contributed by atoms with Crippen LogP contribution in [0.15, 0.2) is 49.2 Å². The number of aryl methyl sites for hydroxylation is 1. The molecule has 2 atom stereocenters. The number of fused-ring (bicyclic) bond motifs is 1. The molecule has 6 nitrogen and oxygen atoms in total. The van der Waals surface area contributed by atoms with Gasteiger partial charge in [0, 0.05) is 48.1 Å². The van der Waals surface area contributed by atoms with Crippen LogP contribution in [0.1, 0.15) is 31.4 Å². The fourth-order valence-corrected chi connectivity index (χ4v) is 4.00. The fourth-order valence-electron chi connectivity index (χ4n) is 4.00. The molecule has 1 aliphatic rings. The van der Waals surface area contributed by atoms with Crippen LogP contribution in [0.4, 0.5) is 0 Å². The molecule has 0 aliphatic carbocycles. The zero-order chi connectivity index (χ0) is 18.1. The van der Waals surface area contributed by atoms with Gasteiger partial charge in [-0.1, -0.05) is 25.1 Å². The molecule has 1 saturated heterocycles. The summed E-state index contributed by atoms with van der Waals surface area (Å²) in [6.07, 6.45) is 8.81. The number of rotatable bonds is 6. The number of para-hydroxylation sites is 1. The predicted octanol–water partition coefficient (Wildman–Crippen LogP) is 2.93. The number of ketones is 1. The first-order chi connectivity index (χ1) is 12.7. The standard InChI is InChI=1S/C20H22N4O2/c1-2-14-18(16-12-22-17-7-4-3-6-15(16)17)24(20(26)19(14)25)10-5-9-23-11-8-21-13-23/h3-4,6-8,11-14,18,22H,2,5,9-10H2,1H3. The third-order valence-corrected chi connectivity index (χ3v) is 5.28. The molecule has 0 radical (unpaired) electrons. The number of likely N-dealkylation sites (tertiary alicyclic amines) is 1. The topological polar surface area (TPSA) is 71.0 Å². The van der Waals surface area contributed by atoms with Crippen LogP contribution in [-0.2, 0) is 16.1 Å². The van der Waals surface area contributed by atoms with Gasteiger partial charge >= 0.3 is 0 Å². The highest BCUT2D eigenvalue weighted by Gasteiger charge is 2.47. The SMILES string of the molecule is CCC1C(=O)C(=O)N(CCCn2ccnc2)C1c1c[nH]c2ccccc12. The molecule has 3 aromatic rings. The average molecular weight is 350 g/mol. The molecule has 134 valence electrons. The maximum atomic E-state index is 12.7. The van der Waals surface area contributed by atoms with Gasteiger partial charge in [-0.05, 0) is 18.9 Å². The molecule has 0 spiro atoms. The molecule has 26 heavy (non-hydrogen) atoms. The summed E-state index contributed by atoms with van der Waals surface area (Å²) in [5.74, 6) is -0.891. The van der Waals surface area contributed by atoms with Crippen molar-refractivity contribution in [3.8, 4) is 0 Å². The number of aromatic nitrogens is 3. The van der Waals surface area contributed by atoms with Gasteiger partial charge in [0.1, 0.15) is 0 Å². The minimum absolute atomic E-state index is 0.195. The fraction of sp³-hybridized carbons (Fsp3) is 0.350. The maximum absolute atomic E-state index is 12.7. The molecular weight excluding hydrogens is 328 g/mol. The maximum Gasteiger partial charge on any atom is 0.290 e. The summed E-state index contributed by atoms with van der Waals surface area (Å²) < 4.78 is 1.99. The van der Waals surface area contributed by atoms with Crippen molar-refractivity contribution in [2.75, 3.05) is 6.54 Å². The molecule has 3 heterocycles. The normalized spacial score (nSPS) is 20.4. The van der Waals surface area contributed by atoms with Gasteiger partial charge in [0.2, 0.25) is 5.78 Å². The van der Waals surface area contributed by atoms with Crippen molar-refractivity contribution in [1.29, 1.82) is 0 Å². The van der Waals surface area contributed by atoms with Gasteiger partial charge in [-0.3, -0.25) is 9.59 Å². The van der Waals surface area contributed by atoms with E-state index in [-0.39, 0.29) is 23.7 Å². The lowest BCUT2D eigenvalue weighted by atomic mass is 9.90. The first-order valence-electron chi connectivity index (χ1n) is 9.07. The molecule has 0 bridgehead atoms. The predicted molar refractivity (Wildman–Crippen MR) is 98.4 cm³/mol. The van der Waals surface area contributed by atoms with Crippen molar-refractivity contribution in [1.82, 2.24) is 19.4 Å². The van der Waals surface area contributed by atoms with E-state index in [1.807, 2.05) is 48.1 Å². The van der Waals surface area contributed by atoms with E-state index in [2.05, 4.69) is 9.97 Å². The van der Waals surface area contributed by atoms with Crippen LogP contribution in [0.5, 0.6) is 0 Å². The summed E-state index contributed by atoms with van der Waals surface area (Å²) in [6, 6.07) is 7.84. The number of H-pyrrole nitrogens is 1. The monoisotopic (exact) mass is 350 g/mol. The Bertz CT molecular complexity index is 928. The number of Topliss-reactive ketones (excluding diaryl/α,β-unsaturated/α-hetero) is 1. The van der Waals surface area contributed by atoms with Crippen LogP contribution in [0, 0.1) is 5.92 Å². The smallest absolute Gasteiger partial charge is 0.290 e. The first-order valence-corrected chi connectivity index (χ1v) is 9.07. The zero-order valence-corrected chi connectivity index (χ0v) is 14.8. The number of amides is 1. The second-order valence-electron chi connectivity index (χ2n) is 6.77. The number of aromatic amines is 1. The van der Waals surface area contributed by atoms with E-state index in [1.54, 1.807) is 17.4 Å². The molecule has 1 amide bonds. The molecule has 6 heteroatoms. The van der Waals surface area contributed by atoms with Gasteiger partial charge in [0.25, 0.3) is 5.91 Å². The number of nitrogens with zero attached hydrogens (tertiary/aromatic N) is 3. The van der Waals surface area contributed by atoms with E-state index < -0.39 is 0 Å². The molecule has 1 aliphatic heterocycles. The Morgan fingerprint density at radius 1 is 1.19 bits per heavy atom. The van der Waals surface area contributed by atoms with E-state index in [9.17, 15) is 9.59 Å². The molecule has 2 unspecified atom stereocenters. The van der Waals surface area contributed by atoms with Crippen molar-refractivity contribution in [3.05, 3.63) is 54.7 Å². The number of nitrogens with one attached hydrogen (secondary N) is 1. The number of carbonyl (C=O) groups is 2. The van der Waals surface area contributed by atoms with Crippen molar-refractivity contribution < 1.29 is 9.59 Å². The Morgan fingerprint density at radius 2 is 2.04 bits per heavy atom. The minimum Gasteiger partial charge on any atom is -0.361 e. The van der Waals surface area contributed by atoms with E-state index in [0.717, 1.165) is 29.4 Å². The van der Waals surface area contributed by atoms with E-state index >= 15 is 0 Å². The Kier molecular flexibility index (Phi) is 4.32. The van der Waals surface area contributed by atoms with Crippen LogP contribution >= 0.6 is 0 Å². The van der Waals surface area contributed by atoms with Crippen molar-refractivity contribution in [2.45, 2.75) is 32.4 Å². The number of imidazole rings is 1. The highest BCUT2D eigenvalue weighted by atomic mass is 16.2. The summed E-state index contributed by atoms with van der Waals surface area (Å²) in [5.41, 5.74) is 2.07. The molecule has 1 N–H and O–H groups in total. The lowest BCUT2D eigenvalue weighted by Gasteiger charge is -2.27. The van der Waals surface area contributed by atoms with Crippen LogP contribution in [0.25, 0.3) is 10.9 Å². The van der Waals surface area contributed by atoms with Crippen LogP contribution in [0.2, 0.25) is 0 Å². The summed E-state index contributed by atoms with van der Waals surface area (Å²) >= 11 is 0. The van der Waals surface area contributed by atoms with Gasteiger partial charge in [-0.15, -0.1) is 0 Å². The van der Waals surface area contributed by atoms with Gasteiger partial charge < -0.3 is 14.5 Å². The second kappa shape index (κ2) is 6.78. The average Bonchev–Trinajstić information content (AvgIpc) is 3.36. The summed E-state index contributed by atoms with van der Waals surface area (Å²) in [6.45, 7) is 3.31. The third-order valence-electron chi connectivity index (χ3n) is 5.28. The number of benzene rings is 1.